The summed E-state index contributed by atoms with van der Waals surface area (Å²) in [7, 11) is 0. The smallest absolute Gasteiger partial charge is 0.335 e. The largest absolute Gasteiger partial charge is 0.478 e. The van der Waals surface area contributed by atoms with E-state index in [0.717, 1.165) is 3.57 Å². The van der Waals surface area contributed by atoms with E-state index in [9.17, 15) is 17.4 Å². The minimum Gasteiger partial charge on any atom is -0.478 e. The normalized spacial score (nSPS) is 12.3. The summed E-state index contributed by atoms with van der Waals surface area (Å²) in [6.07, 6.45) is 0. The third-order valence-corrected chi connectivity index (χ3v) is 5.83. The van der Waals surface area contributed by atoms with Crippen LogP contribution in [-0.2, 0) is 12.4 Å². The molecule has 0 saturated heterocycles. The molecule has 134 valence electrons. The second-order valence-electron chi connectivity index (χ2n) is 4.65. The third-order valence-electron chi connectivity index (χ3n) is 2.69. The van der Waals surface area contributed by atoms with Crippen LogP contribution in [0.1, 0.15) is 17.3 Å². The Labute approximate surface area is 159 Å². The monoisotopic (exact) mass is 523 g/mol. The molecule has 0 radical (unpaired) electrons. The van der Waals surface area contributed by atoms with Gasteiger partial charge in [0.1, 0.15) is 0 Å². The van der Waals surface area contributed by atoms with E-state index in [1.807, 2.05) is 0 Å². The number of carboxylic acids is 1. The molecule has 1 unspecified atom stereocenters. The first kappa shape index (κ1) is 21.4. The Kier molecular flexibility index (Phi) is 8.33. The molecule has 4 N–H and O–H groups in total. The van der Waals surface area contributed by atoms with Crippen molar-refractivity contribution < 1.29 is 31.7 Å². The van der Waals surface area contributed by atoms with Crippen LogP contribution in [0.25, 0.3) is 0 Å². The molecule has 2 rings (SSSR count). The van der Waals surface area contributed by atoms with Crippen LogP contribution >= 0.6 is 22.6 Å². The number of amides is 1. The van der Waals surface area contributed by atoms with Crippen LogP contribution < -0.4 is 9.67 Å². The van der Waals surface area contributed by atoms with Gasteiger partial charge in [0, 0.05) is 3.57 Å². The van der Waals surface area contributed by atoms with Crippen molar-refractivity contribution in [1.29, 1.82) is 0 Å². The molecular formula is C15H15AsINO7. The molecule has 25 heavy (non-hydrogen) atoms. The van der Waals surface area contributed by atoms with Crippen LogP contribution in [0.3, 0.4) is 0 Å². The molecule has 0 fully saturated rings. The molecule has 10 heteroatoms. The van der Waals surface area contributed by atoms with Crippen molar-refractivity contribution in [2.75, 3.05) is 5.32 Å². The zero-order valence-electron chi connectivity index (χ0n) is 12.9. The van der Waals surface area contributed by atoms with Gasteiger partial charge in [0.05, 0.1) is 5.56 Å². The zero-order chi connectivity index (χ0) is 19.0. The molecule has 0 aliphatic heterocycles. The number of anilines is 1. The van der Waals surface area contributed by atoms with Crippen LogP contribution in [-0.4, -0.2) is 40.5 Å². The Morgan fingerprint density at radius 2 is 1.76 bits per heavy atom. The standard InChI is InChI=1S/C8H10AsNO5.C7H5IO2/c1-6(11)10-8-4-2-3-7(5-8)9(12,13)15-14;8-6-3-1-5(2-4-6)7(9)10/h2-5,14H,1H3,(H,10,11)(H,12,13);1-4H,(H,9,10). The number of hydrogen-bond acceptors (Lipinski definition) is 5. The number of nitrogens with one attached hydrogen (secondary N) is 1. The number of hydrogen-bond donors (Lipinski definition) is 4. The second kappa shape index (κ2) is 9.73. The Hall–Kier alpha value is -1.65. The van der Waals surface area contributed by atoms with Gasteiger partial charge in [0.25, 0.3) is 0 Å². The number of rotatable bonds is 4. The molecule has 0 bridgehead atoms. The van der Waals surface area contributed by atoms with E-state index in [4.69, 9.17) is 10.4 Å². The van der Waals surface area contributed by atoms with E-state index in [0.29, 0.717) is 11.3 Å². The number of carboxylic acid groups (broad SMARTS) is 1. The Balaban J connectivity index is 0.000000271. The first-order valence-electron chi connectivity index (χ1n) is 6.68. The van der Waals surface area contributed by atoms with Gasteiger partial charge in [-0.25, -0.2) is 4.79 Å². The molecule has 0 heterocycles. The number of carbonyl (C=O) groups excluding carboxylic acids is 1. The van der Waals surface area contributed by atoms with Crippen LogP contribution in [0.5, 0.6) is 0 Å². The van der Waals surface area contributed by atoms with Crippen molar-refractivity contribution in [3.63, 3.8) is 0 Å². The summed E-state index contributed by atoms with van der Waals surface area (Å²) in [5.74, 6) is -1.17. The quantitative estimate of drug-likeness (QED) is 0.208. The Morgan fingerprint density at radius 1 is 1.16 bits per heavy atom. The SMILES string of the molecule is CC(=O)Nc1cccc([As](=O)(O)OO)c1.O=C(O)c1ccc(I)cc1. The Morgan fingerprint density at radius 3 is 2.24 bits per heavy atom. The number of carbonyl (C=O) groups is 2. The van der Waals surface area contributed by atoms with Crippen molar-refractivity contribution in [2.45, 2.75) is 6.92 Å². The van der Waals surface area contributed by atoms with Gasteiger partial charge < -0.3 is 5.11 Å². The predicted molar refractivity (Wildman–Crippen MR) is 98.9 cm³/mol. The van der Waals surface area contributed by atoms with Gasteiger partial charge >= 0.3 is 94.4 Å². The van der Waals surface area contributed by atoms with Crippen molar-refractivity contribution in [3.8, 4) is 0 Å². The minimum absolute atomic E-state index is 0.0399. The minimum atomic E-state index is -4.83. The third kappa shape index (κ3) is 7.41. The van der Waals surface area contributed by atoms with Crippen molar-refractivity contribution in [2.24, 2.45) is 0 Å². The van der Waals surface area contributed by atoms with Gasteiger partial charge in [-0.2, -0.15) is 0 Å². The summed E-state index contributed by atoms with van der Waals surface area (Å²) in [6, 6.07) is 12.4. The molecule has 8 nitrogen and oxygen atoms in total. The average Bonchev–Trinajstić information content (AvgIpc) is 2.55. The van der Waals surface area contributed by atoms with Crippen LogP contribution in [0.2, 0.25) is 0 Å². The molecule has 0 saturated carbocycles. The maximum Gasteiger partial charge on any atom is 0.335 e. The molecular weight excluding hydrogens is 508 g/mol. The zero-order valence-corrected chi connectivity index (χ0v) is 17.0. The second-order valence-corrected chi connectivity index (χ2v) is 9.50. The first-order chi connectivity index (χ1) is 11.7. The van der Waals surface area contributed by atoms with Crippen molar-refractivity contribution >= 4 is 58.7 Å². The van der Waals surface area contributed by atoms with Gasteiger partial charge in [0.15, 0.2) is 0 Å². The van der Waals surface area contributed by atoms with Gasteiger partial charge in [-0.15, -0.1) is 0 Å². The van der Waals surface area contributed by atoms with Crippen LogP contribution in [0, 0.1) is 3.57 Å². The topological polar surface area (TPSA) is 133 Å². The summed E-state index contributed by atoms with van der Waals surface area (Å²) in [5.41, 5.74) is 0.702. The average molecular weight is 523 g/mol. The van der Waals surface area contributed by atoms with Crippen molar-refractivity contribution in [1.82, 2.24) is 0 Å². The molecule has 0 aliphatic carbocycles. The molecule has 0 aromatic heterocycles. The maximum absolute atomic E-state index is 11.3. The maximum atomic E-state index is 11.3. The molecule has 2 aromatic carbocycles. The summed E-state index contributed by atoms with van der Waals surface area (Å²) >= 11 is -2.70. The first-order valence-corrected chi connectivity index (χ1v) is 11.1. The van der Waals surface area contributed by atoms with Crippen molar-refractivity contribution in [3.05, 3.63) is 57.7 Å². The van der Waals surface area contributed by atoms with Gasteiger partial charge in [-0.1, -0.05) is 0 Å². The van der Waals surface area contributed by atoms with E-state index in [2.05, 4.69) is 31.8 Å². The van der Waals surface area contributed by atoms with Crippen LogP contribution in [0.4, 0.5) is 5.69 Å². The fourth-order valence-corrected chi connectivity index (χ4v) is 3.37. The summed E-state index contributed by atoms with van der Waals surface area (Å²) in [4.78, 5) is 21.0. The number of benzene rings is 2. The molecule has 1 amide bonds. The molecule has 0 spiro atoms. The van der Waals surface area contributed by atoms with E-state index in [-0.39, 0.29) is 10.3 Å². The molecule has 2 aromatic rings. The van der Waals surface area contributed by atoms with E-state index in [1.54, 1.807) is 30.3 Å². The summed E-state index contributed by atoms with van der Waals surface area (Å²) < 4.78 is 25.0. The summed E-state index contributed by atoms with van der Waals surface area (Å²) in [5, 5.41) is 19.2. The van der Waals surface area contributed by atoms with E-state index < -0.39 is 20.1 Å². The predicted octanol–water partition coefficient (Wildman–Crippen LogP) is 1.69. The fourth-order valence-electron chi connectivity index (χ4n) is 1.60. The van der Waals surface area contributed by atoms with Gasteiger partial charge in [-0.05, 0) is 46.9 Å². The Bertz CT molecular complexity index is 795. The van der Waals surface area contributed by atoms with E-state index in [1.165, 1.54) is 25.1 Å². The van der Waals surface area contributed by atoms with Crippen LogP contribution in [0.15, 0.2) is 48.5 Å². The van der Waals surface area contributed by atoms with Gasteiger partial charge in [0.2, 0.25) is 0 Å². The summed E-state index contributed by atoms with van der Waals surface area (Å²) in [6.45, 7) is 1.32. The van der Waals surface area contributed by atoms with Gasteiger partial charge in [-0.3, -0.25) is 0 Å². The number of aromatic carboxylic acids is 1. The fraction of sp³-hybridized carbons (Fsp3) is 0.0667. The van der Waals surface area contributed by atoms with E-state index >= 15 is 0 Å². The molecule has 0 aliphatic rings. The number of halogens is 1. The molecule has 1 atom stereocenters.